The van der Waals surface area contributed by atoms with Gasteiger partial charge in [0.1, 0.15) is 29.2 Å². The number of carbonyl (C=O) groups is 2. The molecule has 0 bridgehead atoms. The Hall–Kier alpha value is -4.06. The van der Waals surface area contributed by atoms with Gasteiger partial charge >= 0.3 is 12.6 Å². The molecule has 0 aliphatic rings. The van der Waals surface area contributed by atoms with Crippen LogP contribution in [-0.4, -0.2) is 48.5 Å². The van der Waals surface area contributed by atoms with Crippen molar-refractivity contribution in [3.8, 4) is 17.0 Å². The Labute approximate surface area is 215 Å². The van der Waals surface area contributed by atoms with Gasteiger partial charge in [-0.2, -0.15) is 19.0 Å². The van der Waals surface area contributed by atoms with E-state index in [0.717, 1.165) is 0 Å². The van der Waals surface area contributed by atoms with Gasteiger partial charge in [-0.25, -0.2) is 9.50 Å². The smallest absolute Gasteiger partial charge is 0.387 e. The summed E-state index contributed by atoms with van der Waals surface area (Å²) < 4.78 is 38.9. The standard InChI is InChI=1S/C24H23ClF2N6O4/c1-13-19(21-28-8-5-9-33(21)30-13)22(35)29-16-11-32(12-18(34)37-24(2,3)4)31-20(16)15-10-14(25)6-7-17(15)36-23(26)27/h5-11,23H,12H2,1-4H3,(H,29,35). The molecular weight excluding hydrogens is 510 g/mol. The Bertz CT molecular complexity index is 1480. The average Bonchev–Trinajstić information content (AvgIpc) is 3.32. The predicted molar refractivity (Wildman–Crippen MR) is 131 cm³/mol. The highest BCUT2D eigenvalue weighted by Gasteiger charge is 2.25. The van der Waals surface area contributed by atoms with Crippen LogP contribution in [0.1, 0.15) is 36.8 Å². The molecule has 0 fully saturated rings. The van der Waals surface area contributed by atoms with Crippen LogP contribution >= 0.6 is 11.6 Å². The number of halogens is 3. The second-order valence-electron chi connectivity index (χ2n) is 9.00. The van der Waals surface area contributed by atoms with E-state index in [9.17, 15) is 18.4 Å². The Balaban J connectivity index is 1.77. The van der Waals surface area contributed by atoms with Gasteiger partial charge < -0.3 is 14.8 Å². The van der Waals surface area contributed by atoms with Crippen molar-refractivity contribution < 1.29 is 27.8 Å². The van der Waals surface area contributed by atoms with Crippen molar-refractivity contribution in [2.75, 3.05) is 5.32 Å². The zero-order valence-corrected chi connectivity index (χ0v) is 21.1. The molecule has 10 nitrogen and oxygen atoms in total. The highest BCUT2D eigenvalue weighted by atomic mass is 35.5. The van der Waals surface area contributed by atoms with Gasteiger partial charge in [0.05, 0.1) is 11.4 Å². The Morgan fingerprint density at radius 1 is 1.22 bits per heavy atom. The molecule has 0 saturated carbocycles. The third-order valence-electron chi connectivity index (χ3n) is 4.93. The molecule has 37 heavy (non-hydrogen) atoms. The molecule has 3 aromatic heterocycles. The van der Waals surface area contributed by atoms with Gasteiger partial charge in [0.25, 0.3) is 5.91 Å². The number of fused-ring (bicyclic) bond motifs is 1. The summed E-state index contributed by atoms with van der Waals surface area (Å²) in [6.07, 6.45) is 4.56. The van der Waals surface area contributed by atoms with Crippen LogP contribution in [0.4, 0.5) is 14.5 Å². The summed E-state index contributed by atoms with van der Waals surface area (Å²) in [5, 5.41) is 11.6. The Morgan fingerprint density at radius 2 is 1.97 bits per heavy atom. The number of aromatic nitrogens is 5. The van der Waals surface area contributed by atoms with E-state index in [1.807, 2.05) is 0 Å². The van der Waals surface area contributed by atoms with Gasteiger partial charge in [0.2, 0.25) is 0 Å². The number of esters is 1. The van der Waals surface area contributed by atoms with E-state index in [1.54, 1.807) is 40.0 Å². The molecule has 0 saturated heterocycles. The van der Waals surface area contributed by atoms with Crippen molar-refractivity contribution in [2.45, 2.75) is 46.5 Å². The van der Waals surface area contributed by atoms with E-state index in [4.69, 9.17) is 16.3 Å². The number of rotatable bonds is 7. The van der Waals surface area contributed by atoms with Crippen LogP contribution < -0.4 is 10.1 Å². The van der Waals surface area contributed by atoms with E-state index in [2.05, 4.69) is 25.2 Å². The SMILES string of the molecule is Cc1nn2cccnc2c1C(=O)Nc1cn(CC(=O)OC(C)(C)C)nc1-c1cc(Cl)ccc1OC(F)F. The molecule has 3 heterocycles. The lowest BCUT2D eigenvalue weighted by molar-refractivity contribution is -0.155. The van der Waals surface area contributed by atoms with Crippen LogP contribution in [0.2, 0.25) is 5.02 Å². The summed E-state index contributed by atoms with van der Waals surface area (Å²) in [4.78, 5) is 30.0. The quantitative estimate of drug-likeness (QED) is 0.342. The number of aryl methyl sites for hydroxylation is 1. The van der Waals surface area contributed by atoms with Crippen LogP contribution in [0.15, 0.2) is 42.9 Å². The van der Waals surface area contributed by atoms with Crippen LogP contribution in [0.3, 0.4) is 0 Å². The Kier molecular flexibility index (Phi) is 7.12. The van der Waals surface area contributed by atoms with Gasteiger partial charge in [0, 0.05) is 29.2 Å². The number of alkyl halides is 2. The lowest BCUT2D eigenvalue weighted by Crippen LogP contribution is -2.26. The van der Waals surface area contributed by atoms with Crippen LogP contribution in [0.25, 0.3) is 16.9 Å². The summed E-state index contributed by atoms with van der Waals surface area (Å²) in [6.45, 7) is 3.40. The summed E-state index contributed by atoms with van der Waals surface area (Å²) in [6, 6.07) is 5.69. The van der Waals surface area contributed by atoms with Crippen molar-refractivity contribution in [2.24, 2.45) is 0 Å². The molecule has 4 aromatic rings. The normalized spacial score (nSPS) is 11.7. The van der Waals surface area contributed by atoms with Gasteiger partial charge in [0.15, 0.2) is 5.65 Å². The van der Waals surface area contributed by atoms with Gasteiger partial charge in [-0.3, -0.25) is 14.3 Å². The van der Waals surface area contributed by atoms with E-state index >= 15 is 0 Å². The number of hydrogen-bond acceptors (Lipinski definition) is 7. The lowest BCUT2D eigenvalue weighted by Gasteiger charge is -2.19. The van der Waals surface area contributed by atoms with Gasteiger partial charge in [-0.15, -0.1) is 0 Å². The van der Waals surface area contributed by atoms with Crippen LogP contribution in [0.5, 0.6) is 5.75 Å². The highest BCUT2D eigenvalue weighted by Crippen LogP contribution is 2.37. The van der Waals surface area contributed by atoms with Crippen molar-refractivity contribution in [3.63, 3.8) is 0 Å². The zero-order chi connectivity index (χ0) is 26.9. The molecule has 0 unspecified atom stereocenters. The number of hydrogen-bond donors (Lipinski definition) is 1. The molecule has 0 aliphatic carbocycles. The average molecular weight is 533 g/mol. The number of amides is 1. The molecule has 0 atom stereocenters. The maximum Gasteiger partial charge on any atom is 0.387 e. The molecule has 1 amide bonds. The maximum atomic E-state index is 13.3. The fourth-order valence-corrected chi connectivity index (χ4v) is 3.80. The summed E-state index contributed by atoms with van der Waals surface area (Å²) in [5.74, 6) is -1.37. The van der Waals surface area contributed by atoms with Crippen molar-refractivity contribution >= 4 is 34.8 Å². The van der Waals surface area contributed by atoms with Gasteiger partial charge in [-0.05, 0) is 52.0 Å². The van der Waals surface area contributed by atoms with E-state index in [-0.39, 0.29) is 39.8 Å². The summed E-state index contributed by atoms with van der Waals surface area (Å²) in [5.41, 5.74) is 0.473. The number of anilines is 1. The minimum absolute atomic E-state index is 0.0529. The molecule has 1 aromatic carbocycles. The molecular formula is C24H23ClF2N6O4. The first-order valence-corrected chi connectivity index (χ1v) is 11.4. The van der Waals surface area contributed by atoms with Gasteiger partial charge in [-0.1, -0.05) is 11.6 Å². The largest absolute Gasteiger partial charge is 0.459 e. The van der Waals surface area contributed by atoms with Crippen molar-refractivity contribution in [1.82, 2.24) is 24.4 Å². The Morgan fingerprint density at radius 3 is 2.68 bits per heavy atom. The van der Waals surface area contributed by atoms with E-state index in [0.29, 0.717) is 11.3 Å². The van der Waals surface area contributed by atoms with Crippen LogP contribution in [-0.2, 0) is 16.1 Å². The first kappa shape index (κ1) is 26.0. The van der Waals surface area contributed by atoms with Crippen molar-refractivity contribution in [3.05, 3.63) is 59.1 Å². The number of benzene rings is 1. The van der Waals surface area contributed by atoms with E-state index < -0.39 is 24.1 Å². The predicted octanol–water partition coefficient (Wildman–Crippen LogP) is 4.75. The highest BCUT2D eigenvalue weighted by molar-refractivity contribution is 6.31. The van der Waals surface area contributed by atoms with Crippen molar-refractivity contribution in [1.29, 1.82) is 0 Å². The minimum atomic E-state index is -3.12. The first-order valence-electron chi connectivity index (χ1n) is 11.1. The lowest BCUT2D eigenvalue weighted by atomic mass is 10.1. The summed E-state index contributed by atoms with van der Waals surface area (Å²) in [7, 11) is 0. The third-order valence-corrected chi connectivity index (χ3v) is 5.17. The maximum absolute atomic E-state index is 13.3. The minimum Gasteiger partial charge on any atom is -0.459 e. The fraction of sp³-hybridized carbons (Fsp3) is 0.292. The van der Waals surface area contributed by atoms with E-state index in [1.165, 1.54) is 39.8 Å². The number of carbonyl (C=O) groups excluding carboxylic acids is 2. The number of nitrogens with zero attached hydrogens (tertiary/aromatic N) is 5. The monoisotopic (exact) mass is 532 g/mol. The topological polar surface area (TPSA) is 113 Å². The van der Waals surface area contributed by atoms with Crippen LogP contribution in [0, 0.1) is 6.92 Å². The molecule has 194 valence electrons. The molecule has 0 spiro atoms. The first-order chi connectivity index (χ1) is 17.4. The summed E-state index contributed by atoms with van der Waals surface area (Å²) >= 11 is 6.13. The third kappa shape index (κ3) is 6.02. The molecule has 13 heteroatoms. The molecule has 0 aliphatic heterocycles. The molecule has 4 rings (SSSR count). The zero-order valence-electron chi connectivity index (χ0n) is 20.3. The molecule has 0 radical (unpaired) electrons. The second-order valence-corrected chi connectivity index (χ2v) is 9.43. The second kappa shape index (κ2) is 10.1. The number of ether oxygens (including phenoxy) is 2. The molecule has 1 N–H and O–H groups in total. The fourth-order valence-electron chi connectivity index (χ4n) is 3.63. The number of nitrogens with one attached hydrogen (secondary N) is 1.